The molecule has 6 aliphatic rings. The van der Waals surface area contributed by atoms with Crippen LogP contribution in [-0.4, -0.2) is 3.71 Å². The monoisotopic (exact) mass is 836 g/mol. The Morgan fingerprint density at radius 2 is 1.30 bits per heavy atom. The molecule has 0 spiro atoms. The average Bonchev–Trinajstić information content (AvgIpc) is 3.56. The van der Waals surface area contributed by atoms with Crippen molar-refractivity contribution in [2.24, 2.45) is 29.1 Å². The van der Waals surface area contributed by atoms with Gasteiger partial charge in [-0.3, -0.25) is 6.08 Å². The third-order valence-corrected chi connectivity index (χ3v) is 12.9. The van der Waals surface area contributed by atoms with Crippen LogP contribution in [0.5, 0.6) is 0 Å². The Bertz CT molecular complexity index is 1720. The molecule has 6 heteroatoms. The molecule has 1 unspecified atom stereocenters. The maximum Gasteiger partial charge on any atom is -1.00 e. The van der Waals surface area contributed by atoms with Crippen LogP contribution >= 0.6 is 0 Å². The summed E-state index contributed by atoms with van der Waals surface area (Å²) < 4.78 is 37.9. The van der Waals surface area contributed by atoms with Crippen LogP contribution in [-0.2, 0) is 47.7 Å². The number of rotatable bonds is 3. The molecule has 284 valence electrons. The van der Waals surface area contributed by atoms with Gasteiger partial charge in [-0.1, -0.05) is 102 Å². The number of fused-ring (bicyclic) bond motifs is 3. The van der Waals surface area contributed by atoms with Crippen LogP contribution < -0.4 is 24.8 Å². The molecule has 0 aliphatic heterocycles. The minimum atomic E-state index is -4.22. The number of allylic oxidation sites excluding steroid dienone is 4. The van der Waals surface area contributed by atoms with E-state index in [0.29, 0.717) is 11.3 Å². The molecule has 0 radical (unpaired) electrons. The number of halogens is 5. The summed E-state index contributed by atoms with van der Waals surface area (Å²) in [5.74, 6) is 3.82. The molecular formula is C47H55Cl2F3Zr-2. The van der Waals surface area contributed by atoms with E-state index in [0.717, 1.165) is 41.9 Å². The minimum Gasteiger partial charge on any atom is -1.00 e. The van der Waals surface area contributed by atoms with Gasteiger partial charge in [-0.15, -0.1) is 5.56 Å². The maximum absolute atomic E-state index is 12.0. The van der Waals surface area contributed by atoms with Gasteiger partial charge in [0.05, 0.1) is 0 Å². The van der Waals surface area contributed by atoms with Crippen molar-refractivity contribution in [2.45, 2.75) is 124 Å². The van der Waals surface area contributed by atoms with Crippen molar-refractivity contribution >= 4 is 3.71 Å². The second-order valence-corrected chi connectivity index (χ2v) is 19.1. The second kappa shape index (κ2) is 16.8. The van der Waals surface area contributed by atoms with Gasteiger partial charge in [-0.05, 0) is 79.1 Å². The van der Waals surface area contributed by atoms with Gasteiger partial charge in [-0.2, -0.15) is 41.0 Å². The quantitative estimate of drug-likeness (QED) is 0.196. The van der Waals surface area contributed by atoms with E-state index in [4.69, 9.17) is 0 Å². The first-order chi connectivity index (χ1) is 23.8. The summed E-state index contributed by atoms with van der Waals surface area (Å²) in [5, 5.41) is 0. The Kier molecular flexibility index (Phi) is 13.9. The zero-order chi connectivity index (χ0) is 36.9. The maximum atomic E-state index is 12.0. The van der Waals surface area contributed by atoms with Crippen molar-refractivity contribution in [1.82, 2.24) is 0 Å². The van der Waals surface area contributed by atoms with Crippen LogP contribution in [0, 0.1) is 41.2 Å². The van der Waals surface area contributed by atoms with E-state index in [1.54, 1.807) is 44.1 Å². The predicted molar refractivity (Wildman–Crippen MR) is 202 cm³/mol. The van der Waals surface area contributed by atoms with Crippen LogP contribution in [0.15, 0.2) is 71.8 Å². The number of hydrogen-bond acceptors (Lipinski definition) is 0. The molecule has 0 amide bonds. The van der Waals surface area contributed by atoms with Crippen LogP contribution in [0.1, 0.15) is 134 Å². The van der Waals surface area contributed by atoms with Gasteiger partial charge in [0.1, 0.15) is 0 Å². The van der Waals surface area contributed by atoms with E-state index in [2.05, 4.69) is 104 Å². The molecular weight excluding hydrogens is 784 g/mol. The summed E-state index contributed by atoms with van der Waals surface area (Å²) in [6.45, 7) is 18.2. The van der Waals surface area contributed by atoms with Crippen LogP contribution in [0.25, 0.3) is 11.1 Å². The van der Waals surface area contributed by atoms with Crippen LogP contribution in [0.2, 0.25) is 0 Å². The smallest absolute Gasteiger partial charge is 1.00 e. The topological polar surface area (TPSA) is 0 Å². The first-order valence-corrected chi connectivity index (χ1v) is 20.4. The zero-order valence-electron chi connectivity index (χ0n) is 32.7. The van der Waals surface area contributed by atoms with Crippen molar-refractivity contribution in [3.8, 4) is 11.1 Å². The predicted octanol–water partition coefficient (Wildman–Crippen LogP) is 6.98. The normalized spacial score (nSPS) is 24.9. The number of alkyl halides is 3. The third-order valence-electron chi connectivity index (χ3n) is 12.0. The standard InChI is InChI=1S/C21H25.C18H25.C8H5F3.2ClH.Zr/c1-20(2,3)16-9-7-14-11-15-8-10-17(21(4,5)6)13-19(15)18(14)12-16;1-12-3-13(2)17(4-12)11-18-8-14-5-15(9-18)7-16(6-14)10-18;1-6-2-4-7(5-3-6)8(9,10)11;;;/h7,9-10,12-13H,11H2,1-6H3;4,12,14-16H,5-11H2,1-2H3;1-5H;2*1H;/q2*-1;;;;+2/p-2. The molecule has 53 heavy (non-hydrogen) atoms. The molecule has 1 atom stereocenters. The summed E-state index contributed by atoms with van der Waals surface area (Å²) in [5.41, 5.74) is 12.8. The molecule has 0 N–H and O–H groups in total. The fourth-order valence-corrected chi connectivity index (χ4v) is 10.2. The van der Waals surface area contributed by atoms with Crippen molar-refractivity contribution in [2.75, 3.05) is 0 Å². The SMILES string of the molecule is CC(C)(C)c1c[c-]c2c(c1)-c1cc(C(C)(C)C)ccc1C2.CC1=[C-]C(C)C=C1CC12CC3CC(CC(C3)C1)C2.FC(F)(F)c1ccc([CH]=[Zr+2])cc1.[Cl-].[Cl-]. The molecule has 9 rings (SSSR count). The van der Waals surface area contributed by atoms with Gasteiger partial charge in [0.15, 0.2) is 0 Å². The summed E-state index contributed by atoms with van der Waals surface area (Å²) in [4.78, 5) is 0. The van der Waals surface area contributed by atoms with E-state index >= 15 is 0 Å². The van der Waals surface area contributed by atoms with E-state index < -0.39 is 11.7 Å². The molecule has 0 heterocycles. The number of benzene rings is 3. The molecule has 3 aromatic rings. The zero-order valence-corrected chi connectivity index (χ0v) is 36.7. The molecule has 0 nitrogen and oxygen atoms in total. The van der Waals surface area contributed by atoms with Gasteiger partial charge in [0.25, 0.3) is 0 Å². The molecule has 4 fully saturated rings. The van der Waals surface area contributed by atoms with E-state index in [-0.39, 0.29) is 35.6 Å². The molecule has 0 saturated heterocycles. The first-order valence-electron chi connectivity index (χ1n) is 19.0. The molecule has 4 bridgehead atoms. The van der Waals surface area contributed by atoms with Crippen molar-refractivity contribution in [3.63, 3.8) is 0 Å². The average molecular weight is 839 g/mol. The number of hydrogen-bond donors (Lipinski definition) is 0. The Hall–Kier alpha value is -1.74. The summed E-state index contributed by atoms with van der Waals surface area (Å²) in [7, 11) is 0. The Morgan fingerprint density at radius 1 is 0.774 bits per heavy atom. The van der Waals surface area contributed by atoms with Gasteiger partial charge in [0, 0.05) is 0 Å². The van der Waals surface area contributed by atoms with Gasteiger partial charge < -0.3 is 24.8 Å². The summed E-state index contributed by atoms with van der Waals surface area (Å²) in [6.07, 6.45) is 13.5. The van der Waals surface area contributed by atoms with E-state index in [9.17, 15) is 13.2 Å². The molecule has 0 aromatic heterocycles. The Labute approximate surface area is 345 Å². The Morgan fingerprint density at radius 3 is 1.77 bits per heavy atom. The summed E-state index contributed by atoms with van der Waals surface area (Å²) >= 11 is 1.18. The van der Waals surface area contributed by atoms with Crippen LogP contribution in [0.4, 0.5) is 13.2 Å². The third kappa shape index (κ3) is 10.4. The Balaban J connectivity index is 0.000000180. The molecule has 4 saturated carbocycles. The largest absolute Gasteiger partial charge is 1.00 e. The molecule has 3 aromatic carbocycles. The van der Waals surface area contributed by atoms with Crippen molar-refractivity contribution in [3.05, 3.63) is 117 Å². The van der Waals surface area contributed by atoms with E-state index in [1.165, 1.54) is 81.7 Å². The minimum absolute atomic E-state index is 0. The van der Waals surface area contributed by atoms with Gasteiger partial charge >= 0.3 is 82.7 Å². The van der Waals surface area contributed by atoms with Gasteiger partial charge in [-0.25, -0.2) is 5.57 Å². The van der Waals surface area contributed by atoms with Crippen LogP contribution in [0.3, 0.4) is 0 Å². The van der Waals surface area contributed by atoms with E-state index in [1.807, 2.05) is 3.71 Å². The van der Waals surface area contributed by atoms with Gasteiger partial charge in [0.2, 0.25) is 0 Å². The fourth-order valence-electron chi connectivity index (χ4n) is 9.76. The fraction of sp³-hybridized carbons (Fsp3) is 0.511. The second-order valence-electron chi connectivity index (χ2n) is 18.4. The summed E-state index contributed by atoms with van der Waals surface area (Å²) in [6, 6.07) is 20.2. The molecule has 6 aliphatic carbocycles. The first kappa shape index (κ1) is 44.0. The van der Waals surface area contributed by atoms with Crippen molar-refractivity contribution in [1.29, 1.82) is 0 Å². The van der Waals surface area contributed by atoms with Crippen molar-refractivity contribution < 1.29 is 62.2 Å².